The van der Waals surface area contributed by atoms with Crippen molar-refractivity contribution in [3.05, 3.63) is 58.7 Å². The van der Waals surface area contributed by atoms with Crippen molar-refractivity contribution in [2.24, 2.45) is 0 Å². The maximum absolute atomic E-state index is 12.1. The van der Waals surface area contributed by atoms with Crippen LogP contribution >= 0.6 is 11.3 Å². The van der Waals surface area contributed by atoms with Crippen molar-refractivity contribution in [3.63, 3.8) is 0 Å². The van der Waals surface area contributed by atoms with Crippen LogP contribution in [0, 0.1) is 6.92 Å². The van der Waals surface area contributed by atoms with Gasteiger partial charge in [0.05, 0.1) is 23.1 Å². The first kappa shape index (κ1) is 13.6. The molecule has 0 atom stereocenters. The van der Waals surface area contributed by atoms with Crippen molar-refractivity contribution in [1.82, 2.24) is 4.98 Å². The summed E-state index contributed by atoms with van der Waals surface area (Å²) in [7, 11) is 0. The van der Waals surface area contributed by atoms with Crippen LogP contribution < -0.4 is 5.73 Å². The zero-order valence-electron chi connectivity index (χ0n) is 11.5. The quantitative estimate of drug-likeness (QED) is 0.751. The average Bonchev–Trinajstić information content (AvgIpc) is 2.90. The number of benzene rings is 1. The molecule has 0 unspecified atom stereocenters. The number of aryl methyl sites for hydroxylation is 1. The van der Waals surface area contributed by atoms with Crippen LogP contribution in [-0.2, 0) is 11.3 Å². The van der Waals surface area contributed by atoms with Crippen LogP contribution in [-0.4, -0.2) is 11.0 Å². The van der Waals surface area contributed by atoms with Gasteiger partial charge in [-0.2, -0.15) is 0 Å². The Bertz CT molecular complexity index is 811. The number of rotatable bonds is 3. The molecule has 0 saturated carbocycles. The SMILES string of the molecule is Cc1ncc(N)cc1C(=O)OCc1csc2ccccc12. The Labute approximate surface area is 126 Å². The lowest BCUT2D eigenvalue weighted by Gasteiger charge is -2.07. The molecule has 2 N–H and O–H groups in total. The highest BCUT2D eigenvalue weighted by molar-refractivity contribution is 7.17. The molecular weight excluding hydrogens is 284 g/mol. The minimum absolute atomic E-state index is 0.247. The highest BCUT2D eigenvalue weighted by Gasteiger charge is 2.13. The van der Waals surface area contributed by atoms with Crippen LogP contribution in [0.1, 0.15) is 21.6 Å². The van der Waals surface area contributed by atoms with Gasteiger partial charge in [0.1, 0.15) is 6.61 Å². The lowest BCUT2D eigenvalue weighted by Crippen LogP contribution is -2.08. The number of thiophene rings is 1. The molecule has 0 bridgehead atoms. The van der Waals surface area contributed by atoms with E-state index in [0.29, 0.717) is 16.9 Å². The summed E-state index contributed by atoms with van der Waals surface area (Å²) in [5, 5.41) is 3.14. The van der Waals surface area contributed by atoms with E-state index in [1.54, 1.807) is 24.3 Å². The van der Waals surface area contributed by atoms with Gasteiger partial charge in [0.2, 0.25) is 0 Å². The average molecular weight is 298 g/mol. The van der Waals surface area contributed by atoms with Crippen LogP contribution in [0.25, 0.3) is 10.1 Å². The highest BCUT2D eigenvalue weighted by atomic mass is 32.1. The fourth-order valence-electron chi connectivity index (χ4n) is 2.12. The van der Waals surface area contributed by atoms with Gasteiger partial charge in [0.15, 0.2) is 0 Å². The second kappa shape index (κ2) is 5.54. The molecule has 2 aromatic heterocycles. The minimum atomic E-state index is -0.400. The fraction of sp³-hybridized carbons (Fsp3) is 0.125. The Hall–Kier alpha value is -2.40. The van der Waals surface area contributed by atoms with Crippen LogP contribution in [0.15, 0.2) is 41.9 Å². The van der Waals surface area contributed by atoms with Crippen LogP contribution in [0.2, 0.25) is 0 Å². The zero-order valence-corrected chi connectivity index (χ0v) is 12.3. The number of hydrogen-bond donors (Lipinski definition) is 1. The van der Waals surface area contributed by atoms with Crippen LogP contribution in [0.4, 0.5) is 5.69 Å². The minimum Gasteiger partial charge on any atom is -0.457 e. The van der Waals surface area contributed by atoms with Gasteiger partial charge < -0.3 is 10.5 Å². The molecular formula is C16H14N2O2S. The number of nitrogen functional groups attached to an aromatic ring is 1. The second-order valence-corrected chi connectivity index (χ2v) is 5.65. The Morgan fingerprint density at radius 3 is 3.05 bits per heavy atom. The first-order chi connectivity index (χ1) is 10.1. The number of hydrogen-bond acceptors (Lipinski definition) is 5. The first-order valence-corrected chi connectivity index (χ1v) is 7.37. The van der Waals surface area contributed by atoms with Gasteiger partial charge in [0.25, 0.3) is 0 Å². The molecule has 0 saturated heterocycles. The molecule has 0 radical (unpaired) electrons. The number of nitrogens with two attached hydrogens (primary N) is 1. The van der Waals surface area contributed by atoms with E-state index in [4.69, 9.17) is 10.5 Å². The van der Waals surface area contributed by atoms with E-state index in [0.717, 1.165) is 10.9 Å². The Balaban J connectivity index is 1.78. The van der Waals surface area contributed by atoms with E-state index in [9.17, 15) is 4.79 Å². The van der Waals surface area contributed by atoms with E-state index in [1.807, 2.05) is 23.6 Å². The highest BCUT2D eigenvalue weighted by Crippen LogP contribution is 2.26. The molecule has 0 fully saturated rings. The lowest BCUT2D eigenvalue weighted by molar-refractivity contribution is 0.0473. The van der Waals surface area contributed by atoms with Crippen molar-refractivity contribution in [1.29, 1.82) is 0 Å². The number of anilines is 1. The van der Waals surface area contributed by atoms with Gasteiger partial charge in [-0.15, -0.1) is 11.3 Å². The van der Waals surface area contributed by atoms with Gasteiger partial charge in [-0.1, -0.05) is 18.2 Å². The molecule has 5 heteroatoms. The molecule has 3 aromatic rings. The third-order valence-corrected chi connectivity index (χ3v) is 4.26. The number of esters is 1. The normalized spacial score (nSPS) is 10.7. The van der Waals surface area contributed by atoms with Gasteiger partial charge in [-0.25, -0.2) is 4.79 Å². The molecule has 0 spiro atoms. The van der Waals surface area contributed by atoms with Crippen molar-refractivity contribution in [3.8, 4) is 0 Å². The third-order valence-electron chi connectivity index (χ3n) is 3.25. The number of carbonyl (C=O) groups excluding carboxylic acids is 1. The molecule has 4 nitrogen and oxygen atoms in total. The molecule has 0 aliphatic rings. The number of fused-ring (bicyclic) bond motifs is 1. The Morgan fingerprint density at radius 1 is 1.38 bits per heavy atom. The molecule has 21 heavy (non-hydrogen) atoms. The van der Waals surface area contributed by atoms with E-state index in [2.05, 4.69) is 11.1 Å². The Kier molecular flexibility index (Phi) is 3.58. The summed E-state index contributed by atoms with van der Waals surface area (Å²) in [6.07, 6.45) is 1.53. The summed E-state index contributed by atoms with van der Waals surface area (Å²) in [4.78, 5) is 16.2. The zero-order chi connectivity index (χ0) is 14.8. The van der Waals surface area contributed by atoms with Crippen molar-refractivity contribution < 1.29 is 9.53 Å². The van der Waals surface area contributed by atoms with E-state index in [-0.39, 0.29) is 6.61 Å². The van der Waals surface area contributed by atoms with Crippen LogP contribution in [0.3, 0.4) is 0 Å². The maximum Gasteiger partial charge on any atom is 0.340 e. The summed E-state index contributed by atoms with van der Waals surface area (Å²) in [5.74, 6) is -0.400. The van der Waals surface area contributed by atoms with E-state index >= 15 is 0 Å². The van der Waals surface area contributed by atoms with Crippen molar-refractivity contribution >= 4 is 33.1 Å². The summed E-state index contributed by atoms with van der Waals surface area (Å²) in [5.41, 5.74) is 8.15. The predicted octanol–water partition coefficient (Wildman–Crippen LogP) is 3.54. The summed E-state index contributed by atoms with van der Waals surface area (Å²) >= 11 is 1.64. The molecule has 3 rings (SSSR count). The molecule has 106 valence electrons. The number of aromatic nitrogens is 1. The third kappa shape index (κ3) is 2.73. The van der Waals surface area contributed by atoms with Gasteiger partial charge in [-0.3, -0.25) is 4.98 Å². The van der Waals surface area contributed by atoms with Crippen molar-refractivity contribution in [2.75, 3.05) is 5.73 Å². The largest absolute Gasteiger partial charge is 0.457 e. The monoisotopic (exact) mass is 298 g/mol. The summed E-state index contributed by atoms with van der Waals surface area (Å²) < 4.78 is 6.57. The smallest absolute Gasteiger partial charge is 0.340 e. The van der Waals surface area contributed by atoms with E-state index < -0.39 is 5.97 Å². The number of nitrogens with zero attached hydrogens (tertiary/aromatic N) is 1. The molecule has 0 aliphatic heterocycles. The van der Waals surface area contributed by atoms with Crippen LogP contribution in [0.5, 0.6) is 0 Å². The predicted molar refractivity (Wildman–Crippen MR) is 84.3 cm³/mol. The standard InChI is InChI=1S/C16H14N2O2S/c1-10-14(6-12(17)7-18-10)16(19)20-8-11-9-21-15-5-3-2-4-13(11)15/h2-7,9H,8,17H2,1H3. The lowest BCUT2D eigenvalue weighted by atomic mass is 10.2. The molecule has 2 heterocycles. The molecule has 0 amide bonds. The number of pyridine rings is 1. The van der Waals surface area contributed by atoms with Gasteiger partial charge in [-0.05, 0) is 29.8 Å². The fourth-order valence-corrected chi connectivity index (χ4v) is 3.07. The number of ether oxygens (including phenoxy) is 1. The summed E-state index contributed by atoms with van der Waals surface area (Å²) in [6, 6.07) is 9.65. The molecule has 1 aromatic carbocycles. The topological polar surface area (TPSA) is 65.2 Å². The van der Waals surface area contributed by atoms with Gasteiger partial charge >= 0.3 is 5.97 Å². The maximum atomic E-state index is 12.1. The summed E-state index contributed by atoms with van der Waals surface area (Å²) in [6.45, 7) is 2.01. The first-order valence-electron chi connectivity index (χ1n) is 6.49. The Morgan fingerprint density at radius 2 is 2.19 bits per heavy atom. The second-order valence-electron chi connectivity index (χ2n) is 4.73. The van der Waals surface area contributed by atoms with E-state index in [1.165, 1.54) is 10.9 Å². The number of carbonyl (C=O) groups is 1. The van der Waals surface area contributed by atoms with Crippen molar-refractivity contribution in [2.45, 2.75) is 13.5 Å². The molecule has 0 aliphatic carbocycles. The van der Waals surface area contributed by atoms with Gasteiger partial charge in [0, 0.05) is 10.3 Å².